The van der Waals surface area contributed by atoms with Gasteiger partial charge in [0, 0.05) is 18.2 Å². The highest BCUT2D eigenvalue weighted by Gasteiger charge is 2.20. The Morgan fingerprint density at radius 3 is 2.93 bits per heavy atom. The van der Waals surface area contributed by atoms with Gasteiger partial charge in [0.1, 0.15) is 6.04 Å². The van der Waals surface area contributed by atoms with Crippen LogP contribution in [0.15, 0.2) is 30.5 Å². The van der Waals surface area contributed by atoms with Gasteiger partial charge >= 0.3 is 5.97 Å². The Labute approximate surface area is 87.4 Å². The van der Waals surface area contributed by atoms with Crippen molar-refractivity contribution < 1.29 is 9.90 Å². The van der Waals surface area contributed by atoms with Crippen LogP contribution in [0.2, 0.25) is 0 Å². The first-order valence-electron chi connectivity index (χ1n) is 4.66. The second-order valence-electron chi connectivity index (χ2n) is 3.45. The molecule has 1 atom stereocenters. The summed E-state index contributed by atoms with van der Waals surface area (Å²) in [5.41, 5.74) is 8.22. The van der Waals surface area contributed by atoms with Crippen molar-refractivity contribution in [2.45, 2.75) is 12.5 Å². The van der Waals surface area contributed by atoms with Crippen LogP contribution >= 0.6 is 0 Å². The van der Waals surface area contributed by atoms with Crippen molar-refractivity contribution in [3.63, 3.8) is 0 Å². The summed E-state index contributed by atoms with van der Waals surface area (Å²) in [5.74, 6) is -0.986. The molecule has 1 aliphatic rings. The van der Waals surface area contributed by atoms with Crippen LogP contribution in [0.25, 0.3) is 5.57 Å². The summed E-state index contributed by atoms with van der Waals surface area (Å²) in [6.07, 6.45) is 2.00. The maximum Gasteiger partial charge on any atom is 0.320 e. The lowest BCUT2D eigenvalue weighted by Crippen LogP contribution is -2.30. The molecule has 1 unspecified atom stereocenters. The number of hydrogen-bond donors (Lipinski definition) is 2. The quantitative estimate of drug-likeness (QED) is 0.771. The molecule has 0 saturated carbocycles. The Balaban J connectivity index is 2.17. The minimum atomic E-state index is -0.986. The summed E-state index contributed by atoms with van der Waals surface area (Å²) in [6.45, 7) is 0. The average molecular weight is 203 g/mol. The number of hydrogen-bond acceptors (Lipinski definition) is 2. The molecule has 1 aliphatic heterocycles. The monoisotopic (exact) mass is 203 g/mol. The van der Waals surface area contributed by atoms with E-state index in [9.17, 15) is 4.79 Å². The zero-order valence-corrected chi connectivity index (χ0v) is 8.05. The number of carboxylic acids is 1. The van der Waals surface area contributed by atoms with Crippen molar-refractivity contribution in [1.29, 1.82) is 0 Å². The number of carbonyl (C=O) groups is 1. The van der Waals surface area contributed by atoms with Gasteiger partial charge in [0.25, 0.3) is 0 Å². The first-order valence-corrected chi connectivity index (χ1v) is 4.66. The standard InChI is InChI=1S/C11H11N2O2/c12-9(11(14)15)5-7-6-13-10-4-2-1-3-8(7)10/h1-4,6,9H,5,12H2,(H,14,15). The topological polar surface area (TPSA) is 77.4 Å². The number of para-hydroxylation sites is 1. The lowest BCUT2D eigenvalue weighted by Gasteiger charge is -2.07. The van der Waals surface area contributed by atoms with Crippen LogP contribution in [0.4, 0.5) is 5.69 Å². The minimum absolute atomic E-state index is 0.315. The minimum Gasteiger partial charge on any atom is -0.480 e. The van der Waals surface area contributed by atoms with Crippen LogP contribution in [0, 0.1) is 0 Å². The van der Waals surface area contributed by atoms with E-state index in [1.807, 2.05) is 24.3 Å². The van der Waals surface area contributed by atoms with E-state index < -0.39 is 12.0 Å². The number of rotatable bonds is 3. The Hall–Kier alpha value is -1.81. The predicted molar refractivity (Wildman–Crippen MR) is 56.4 cm³/mol. The fourth-order valence-electron chi connectivity index (χ4n) is 1.56. The molecule has 4 nitrogen and oxygen atoms in total. The van der Waals surface area contributed by atoms with Gasteiger partial charge < -0.3 is 10.8 Å². The second kappa shape index (κ2) is 3.74. The van der Waals surface area contributed by atoms with Crippen LogP contribution in [0.5, 0.6) is 0 Å². The first kappa shape index (κ1) is 9.73. The maximum atomic E-state index is 10.6. The summed E-state index contributed by atoms with van der Waals surface area (Å²) in [6, 6.07) is 6.76. The lowest BCUT2D eigenvalue weighted by molar-refractivity contribution is -0.138. The van der Waals surface area contributed by atoms with E-state index in [2.05, 4.69) is 5.32 Å². The first-order chi connectivity index (χ1) is 7.18. The molecule has 0 fully saturated rings. The molecule has 1 aromatic rings. The van der Waals surface area contributed by atoms with Gasteiger partial charge in [0.15, 0.2) is 0 Å². The van der Waals surface area contributed by atoms with Gasteiger partial charge in [0.2, 0.25) is 0 Å². The molecule has 1 aromatic carbocycles. The number of aliphatic carboxylic acids is 1. The molecule has 0 aliphatic carbocycles. The van der Waals surface area contributed by atoms with Gasteiger partial charge in [-0.2, -0.15) is 0 Å². The van der Waals surface area contributed by atoms with Crippen LogP contribution in [-0.4, -0.2) is 17.1 Å². The zero-order chi connectivity index (χ0) is 10.8. The van der Waals surface area contributed by atoms with Crippen molar-refractivity contribution in [3.05, 3.63) is 36.0 Å². The number of benzene rings is 1. The van der Waals surface area contributed by atoms with Crippen molar-refractivity contribution in [3.8, 4) is 0 Å². The fourth-order valence-corrected chi connectivity index (χ4v) is 1.56. The third-order valence-corrected chi connectivity index (χ3v) is 2.37. The molecule has 0 aromatic heterocycles. The van der Waals surface area contributed by atoms with Crippen LogP contribution in [0.1, 0.15) is 12.0 Å². The Kier molecular flexibility index (Phi) is 2.43. The molecule has 77 valence electrons. The van der Waals surface area contributed by atoms with E-state index in [1.54, 1.807) is 6.20 Å². The maximum absolute atomic E-state index is 10.6. The van der Waals surface area contributed by atoms with E-state index in [-0.39, 0.29) is 0 Å². The molecule has 4 heteroatoms. The molecular weight excluding hydrogens is 192 g/mol. The van der Waals surface area contributed by atoms with Gasteiger partial charge in [-0.25, -0.2) is 0 Å². The van der Waals surface area contributed by atoms with Crippen molar-refractivity contribution in [2.24, 2.45) is 5.73 Å². The normalized spacial score (nSPS) is 15.1. The molecule has 0 bridgehead atoms. The molecule has 0 saturated heterocycles. The molecule has 3 N–H and O–H groups in total. The smallest absolute Gasteiger partial charge is 0.320 e. The van der Waals surface area contributed by atoms with Crippen LogP contribution in [0.3, 0.4) is 0 Å². The Morgan fingerprint density at radius 1 is 1.47 bits per heavy atom. The molecule has 15 heavy (non-hydrogen) atoms. The number of carboxylic acid groups (broad SMARTS) is 1. The van der Waals surface area contributed by atoms with Gasteiger partial charge in [-0.05, 0) is 11.6 Å². The van der Waals surface area contributed by atoms with Gasteiger partial charge in [-0.1, -0.05) is 18.2 Å². The summed E-state index contributed by atoms with van der Waals surface area (Å²) >= 11 is 0. The van der Waals surface area contributed by atoms with E-state index in [0.717, 1.165) is 16.8 Å². The van der Waals surface area contributed by atoms with Crippen molar-refractivity contribution in [1.82, 2.24) is 5.32 Å². The summed E-state index contributed by atoms with van der Waals surface area (Å²) in [7, 11) is 0. The molecule has 0 amide bonds. The SMILES string of the molecule is NC(CC1=C[N]c2ccccc21)C(=O)O. The highest BCUT2D eigenvalue weighted by molar-refractivity contribution is 5.83. The Bertz CT molecular complexity index is 426. The third-order valence-electron chi connectivity index (χ3n) is 2.37. The predicted octanol–water partition coefficient (Wildman–Crippen LogP) is 1.08. The molecule has 2 rings (SSSR count). The largest absolute Gasteiger partial charge is 0.480 e. The molecular formula is C11H11N2O2. The summed E-state index contributed by atoms with van der Waals surface area (Å²) in [5, 5.41) is 12.9. The highest BCUT2D eigenvalue weighted by atomic mass is 16.4. The third kappa shape index (κ3) is 1.85. The summed E-state index contributed by atoms with van der Waals surface area (Å²) < 4.78 is 0. The van der Waals surface area contributed by atoms with Gasteiger partial charge in [-0.3, -0.25) is 10.1 Å². The second-order valence-corrected chi connectivity index (χ2v) is 3.45. The van der Waals surface area contributed by atoms with Gasteiger partial charge in [-0.15, -0.1) is 0 Å². The lowest BCUT2D eigenvalue weighted by atomic mass is 10.0. The van der Waals surface area contributed by atoms with Crippen molar-refractivity contribution >= 4 is 17.2 Å². The average Bonchev–Trinajstić information content (AvgIpc) is 2.62. The summed E-state index contributed by atoms with van der Waals surface area (Å²) in [4.78, 5) is 10.6. The highest BCUT2D eigenvalue weighted by Crippen LogP contribution is 2.32. The molecule has 1 heterocycles. The number of nitrogens with two attached hydrogens (primary N) is 1. The van der Waals surface area contributed by atoms with E-state index in [0.29, 0.717) is 6.42 Å². The number of nitrogens with zero attached hydrogens (tertiary/aromatic N) is 1. The molecule has 0 spiro atoms. The van der Waals surface area contributed by atoms with E-state index >= 15 is 0 Å². The Morgan fingerprint density at radius 2 is 2.20 bits per heavy atom. The van der Waals surface area contributed by atoms with Gasteiger partial charge in [0.05, 0.1) is 5.69 Å². The van der Waals surface area contributed by atoms with Crippen molar-refractivity contribution in [2.75, 3.05) is 0 Å². The fraction of sp³-hybridized carbons (Fsp3) is 0.182. The zero-order valence-electron chi connectivity index (χ0n) is 8.05. The molecule has 1 radical (unpaired) electrons. The van der Waals surface area contributed by atoms with E-state index in [1.165, 1.54) is 0 Å². The number of fused-ring (bicyclic) bond motifs is 1. The van der Waals surface area contributed by atoms with E-state index in [4.69, 9.17) is 10.8 Å². The van der Waals surface area contributed by atoms with Crippen LogP contribution in [-0.2, 0) is 4.79 Å². The van der Waals surface area contributed by atoms with Crippen LogP contribution < -0.4 is 11.1 Å².